The maximum absolute atomic E-state index is 11.2. The van der Waals surface area contributed by atoms with Gasteiger partial charge >= 0.3 is 5.97 Å². The summed E-state index contributed by atoms with van der Waals surface area (Å²) in [4.78, 5) is 21.9. The Kier molecular flexibility index (Phi) is 2.79. The normalized spacial score (nSPS) is 9.69. The fourth-order valence-electron chi connectivity index (χ4n) is 0.792. The number of ether oxygens (including phenoxy) is 1. The molecule has 0 aliphatic rings. The zero-order valence-corrected chi connectivity index (χ0v) is 7.36. The van der Waals surface area contributed by atoms with Crippen molar-refractivity contribution >= 4 is 11.8 Å². The molecule has 0 aromatic carbocycles. The van der Waals surface area contributed by atoms with Crippen LogP contribution >= 0.6 is 0 Å². The third-order valence-corrected chi connectivity index (χ3v) is 1.45. The first-order valence-electron chi connectivity index (χ1n) is 3.67. The molecule has 0 spiro atoms. The van der Waals surface area contributed by atoms with E-state index in [1.54, 1.807) is 6.92 Å². The minimum absolute atomic E-state index is 0.155. The zero-order chi connectivity index (χ0) is 9.84. The second-order valence-electron chi connectivity index (χ2n) is 2.50. The van der Waals surface area contributed by atoms with Gasteiger partial charge in [-0.25, -0.2) is 0 Å². The van der Waals surface area contributed by atoms with Crippen LogP contribution in [0, 0.1) is 6.92 Å². The quantitative estimate of drug-likeness (QED) is 0.392. The van der Waals surface area contributed by atoms with E-state index < -0.39 is 11.8 Å². The molecule has 0 saturated heterocycles. The van der Waals surface area contributed by atoms with E-state index in [0.29, 0.717) is 5.76 Å². The molecule has 0 aliphatic heterocycles. The number of ketones is 1. The molecule has 0 saturated carbocycles. The summed E-state index contributed by atoms with van der Waals surface area (Å²) in [5, 5.41) is 3.47. The Bertz CT molecular complexity index is 329. The third kappa shape index (κ3) is 2.40. The molecule has 1 heterocycles. The van der Waals surface area contributed by atoms with Crippen LogP contribution in [0.4, 0.5) is 0 Å². The summed E-state index contributed by atoms with van der Waals surface area (Å²) in [7, 11) is 1.23. The van der Waals surface area contributed by atoms with Gasteiger partial charge in [-0.2, -0.15) is 0 Å². The van der Waals surface area contributed by atoms with Gasteiger partial charge < -0.3 is 9.26 Å². The topological polar surface area (TPSA) is 69.4 Å². The number of rotatable bonds is 3. The highest BCUT2D eigenvalue weighted by molar-refractivity contribution is 6.04. The molecular formula is C8H9NO4. The second-order valence-corrected chi connectivity index (χ2v) is 2.50. The molecule has 0 atom stereocenters. The highest BCUT2D eigenvalue weighted by Gasteiger charge is 2.15. The summed E-state index contributed by atoms with van der Waals surface area (Å²) in [5.41, 5.74) is 0.155. The molecule has 0 unspecified atom stereocenters. The average molecular weight is 183 g/mol. The van der Waals surface area contributed by atoms with Gasteiger partial charge in [0.1, 0.15) is 17.9 Å². The number of nitrogens with zero attached hydrogens (tertiary/aromatic N) is 1. The van der Waals surface area contributed by atoms with Gasteiger partial charge in [0.05, 0.1) is 7.11 Å². The third-order valence-electron chi connectivity index (χ3n) is 1.45. The van der Waals surface area contributed by atoms with Gasteiger partial charge in [-0.1, -0.05) is 5.16 Å². The molecule has 1 aromatic heterocycles. The summed E-state index contributed by atoms with van der Waals surface area (Å²) < 4.78 is 9.01. The molecule has 13 heavy (non-hydrogen) atoms. The number of hydrogen-bond donors (Lipinski definition) is 0. The molecule has 0 radical (unpaired) electrons. The summed E-state index contributed by atoms with van der Waals surface area (Å²) >= 11 is 0. The van der Waals surface area contributed by atoms with Crippen LogP contribution in [0.15, 0.2) is 10.6 Å². The van der Waals surface area contributed by atoms with Gasteiger partial charge in [-0.3, -0.25) is 9.59 Å². The van der Waals surface area contributed by atoms with Crippen molar-refractivity contribution in [3.8, 4) is 0 Å². The SMILES string of the molecule is COC(=O)CC(=O)c1cc(C)on1. The van der Waals surface area contributed by atoms with Gasteiger partial charge in [0.25, 0.3) is 0 Å². The van der Waals surface area contributed by atoms with Crippen molar-refractivity contribution < 1.29 is 18.8 Å². The lowest BCUT2D eigenvalue weighted by molar-refractivity contribution is -0.139. The minimum Gasteiger partial charge on any atom is -0.469 e. The number of esters is 1. The number of carbonyl (C=O) groups excluding carboxylic acids is 2. The van der Waals surface area contributed by atoms with Crippen LogP contribution in [0.5, 0.6) is 0 Å². The van der Waals surface area contributed by atoms with E-state index in [1.165, 1.54) is 13.2 Å². The van der Waals surface area contributed by atoms with E-state index in [4.69, 9.17) is 0 Å². The minimum atomic E-state index is -0.578. The van der Waals surface area contributed by atoms with E-state index >= 15 is 0 Å². The standard InChI is InChI=1S/C8H9NO4/c1-5-3-6(9-13-5)7(10)4-8(11)12-2/h3H,4H2,1-2H3. The van der Waals surface area contributed by atoms with Gasteiger partial charge in [0.2, 0.25) is 0 Å². The number of methoxy groups -OCH3 is 1. The molecule has 5 nitrogen and oxygen atoms in total. The lowest BCUT2D eigenvalue weighted by Crippen LogP contribution is -2.09. The van der Waals surface area contributed by atoms with Crippen molar-refractivity contribution in [3.05, 3.63) is 17.5 Å². The summed E-state index contributed by atoms with van der Waals surface area (Å²) in [5.74, 6) is -0.442. The summed E-state index contributed by atoms with van der Waals surface area (Å²) in [6, 6.07) is 1.48. The fourth-order valence-corrected chi connectivity index (χ4v) is 0.792. The lowest BCUT2D eigenvalue weighted by Gasteiger charge is -1.94. The predicted molar refractivity (Wildman–Crippen MR) is 42.2 cm³/mol. The van der Waals surface area contributed by atoms with Crippen LogP contribution in [0.1, 0.15) is 22.7 Å². The van der Waals surface area contributed by atoms with Gasteiger partial charge in [-0.05, 0) is 6.92 Å². The molecule has 1 rings (SSSR count). The Balaban J connectivity index is 2.64. The maximum atomic E-state index is 11.2. The Morgan fingerprint density at radius 3 is 2.77 bits per heavy atom. The maximum Gasteiger partial charge on any atom is 0.313 e. The Hall–Kier alpha value is -1.65. The summed E-state index contributed by atoms with van der Waals surface area (Å²) in [6.45, 7) is 1.67. The Labute approximate surface area is 74.7 Å². The largest absolute Gasteiger partial charge is 0.469 e. The second kappa shape index (κ2) is 3.84. The molecule has 0 amide bonds. The molecule has 0 N–H and O–H groups in total. The molecular weight excluding hydrogens is 174 g/mol. The zero-order valence-electron chi connectivity index (χ0n) is 7.36. The molecule has 0 fully saturated rings. The van der Waals surface area contributed by atoms with Crippen molar-refractivity contribution in [2.45, 2.75) is 13.3 Å². The molecule has 0 aliphatic carbocycles. The number of aromatic nitrogens is 1. The monoisotopic (exact) mass is 183 g/mol. The number of hydrogen-bond acceptors (Lipinski definition) is 5. The molecule has 5 heteroatoms. The fraction of sp³-hybridized carbons (Fsp3) is 0.375. The first-order chi connectivity index (χ1) is 6.13. The van der Waals surface area contributed by atoms with Crippen LogP contribution in [0.2, 0.25) is 0 Å². The van der Waals surface area contributed by atoms with Crippen LogP contribution in [0.3, 0.4) is 0 Å². The van der Waals surface area contributed by atoms with Gasteiger partial charge in [0.15, 0.2) is 5.78 Å². The highest BCUT2D eigenvalue weighted by Crippen LogP contribution is 2.04. The van der Waals surface area contributed by atoms with Crippen LogP contribution in [-0.2, 0) is 9.53 Å². The van der Waals surface area contributed by atoms with E-state index in [1.807, 2.05) is 0 Å². The van der Waals surface area contributed by atoms with Gasteiger partial charge in [-0.15, -0.1) is 0 Å². The smallest absolute Gasteiger partial charge is 0.313 e. The van der Waals surface area contributed by atoms with Gasteiger partial charge in [0, 0.05) is 6.07 Å². The number of carbonyl (C=O) groups is 2. The Morgan fingerprint density at radius 1 is 1.62 bits per heavy atom. The van der Waals surface area contributed by atoms with Crippen molar-refractivity contribution in [1.29, 1.82) is 0 Å². The first kappa shape index (κ1) is 9.44. The van der Waals surface area contributed by atoms with Crippen molar-refractivity contribution in [2.24, 2.45) is 0 Å². The predicted octanol–water partition coefficient (Wildman–Crippen LogP) is 0.729. The van der Waals surface area contributed by atoms with Crippen LogP contribution < -0.4 is 0 Å². The lowest BCUT2D eigenvalue weighted by atomic mass is 10.2. The van der Waals surface area contributed by atoms with E-state index in [-0.39, 0.29) is 12.1 Å². The van der Waals surface area contributed by atoms with Crippen molar-refractivity contribution in [1.82, 2.24) is 5.16 Å². The van der Waals surface area contributed by atoms with Crippen LogP contribution in [-0.4, -0.2) is 24.0 Å². The molecule has 70 valence electrons. The summed E-state index contributed by atoms with van der Waals surface area (Å²) in [6.07, 6.45) is -0.303. The van der Waals surface area contributed by atoms with E-state index in [2.05, 4.69) is 14.4 Å². The number of Topliss-reactive ketones (excluding diaryl/α,β-unsaturated/α-hetero) is 1. The van der Waals surface area contributed by atoms with E-state index in [0.717, 1.165) is 0 Å². The van der Waals surface area contributed by atoms with E-state index in [9.17, 15) is 9.59 Å². The highest BCUT2D eigenvalue weighted by atomic mass is 16.5. The van der Waals surface area contributed by atoms with Crippen molar-refractivity contribution in [3.63, 3.8) is 0 Å². The van der Waals surface area contributed by atoms with Crippen LogP contribution in [0.25, 0.3) is 0 Å². The average Bonchev–Trinajstić information content (AvgIpc) is 2.51. The molecule has 0 bridgehead atoms. The Morgan fingerprint density at radius 2 is 2.31 bits per heavy atom. The van der Waals surface area contributed by atoms with Crippen molar-refractivity contribution in [2.75, 3.05) is 7.11 Å². The molecule has 1 aromatic rings. The first-order valence-corrected chi connectivity index (χ1v) is 3.67. The number of aryl methyl sites for hydroxylation is 1.